The van der Waals surface area contributed by atoms with Crippen LogP contribution in [0.2, 0.25) is 0 Å². The molecule has 1 atom stereocenters. The fourth-order valence-electron chi connectivity index (χ4n) is 3.31. The van der Waals surface area contributed by atoms with Gasteiger partial charge in [-0.3, -0.25) is 9.69 Å². The summed E-state index contributed by atoms with van der Waals surface area (Å²) in [5, 5.41) is 8.90. The lowest BCUT2D eigenvalue weighted by Gasteiger charge is -2.36. The number of hydrogen-bond donors (Lipinski definition) is 1. The molecule has 2 aliphatic rings. The first-order valence-corrected chi connectivity index (χ1v) is 7.35. The highest BCUT2D eigenvalue weighted by Crippen LogP contribution is 2.39. The molecule has 2 heterocycles. The maximum Gasteiger partial charge on any atom is 0.317 e. The predicted molar refractivity (Wildman–Crippen MR) is 76.2 cm³/mol. The third kappa shape index (κ3) is 2.52. The first-order valence-electron chi connectivity index (χ1n) is 7.35. The Morgan fingerprint density at radius 2 is 2.30 bits per heavy atom. The van der Waals surface area contributed by atoms with Gasteiger partial charge in [-0.15, -0.1) is 0 Å². The summed E-state index contributed by atoms with van der Waals surface area (Å²) in [6, 6.07) is 6.49. The van der Waals surface area contributed by atoms with Gasteiger partial charge in [0.1, 0.15) is 11.4 Å². The van der Waals surface area contributed by atoms with Crippen molar-refractivity contribution in [2.24, 2.45) is 0 Å². The molecule has 0 bridgehead atoms. The standard InChI is InChI=1S/C16H21NO3/c1-2-12-3-4-13-5-6-16(20-14(13)9-12)7-8-17(11-16)10-15(18)19/h3-4,9H,2,5-8,10-11H2,1H3,(H,18,19). The van der Waals surface area contributed by atoms with E-state index < -0.39 is 5.97 Å². The lowest BCUT2D eigenvalue weighted by Crippen LogP contribution is -2.43. The minimum Gasteiger partial charge on any atom is -0.486 e. The second-order valence-electron chi connectivity index (χ2n) is 5.94. The Balaban J connectivity index is 1.76. The summed E-state index contributed by atoms with van der Waals surface area (Å²) in [5.74, 6) is 0.249. The number of ether oxygens (including phenoxy) is 1. The number of likely N-dealkylation sites (tertiary alicyclic amines) is 1. The molecule has 2 aliphatic heterocycles. The number of carbonyl (C=O) groups is 1. The highest BCUT2D eigenvalue weighted by Gasteiger charge is 2.42. The quantitative estimate of drug-likeness (QED) is 0.918. The van der Waals surface area contributed by atoms with E-state index >= 15 is 0 Å². The van der Waals surface area contributed by atoms with Crippen molar-refractivity contribution in [3.05, 3.63) is 29.3 Å². The summed E-state index contributed by atoms with van der Waals surface area (Å²) in [5.41, 5.74) is 2.40. The molecule has 0 saturated carbocycles. The van der Waals surface area contributed by atoms with E-state index in [9.17, 15) is 4.79 Å². The topological polar surface area (TPSA) is 49.8 Å². The Hall–Kier alpha value is -1.55. The van der Waals surface area contributed by atoms with E-state index in [0.717, 1.165) is 44.5 Å². The zero-order chi connectivity index (χ0) is 14.2. The first kappa shape index (κ1) is 13.4. The van der Waals surface area contributed by atoms with Crippen LogP contribution in [-0.4, -0.2) is 41.2 Å². The van der Waals surface area contributed by atoms with Gasteiger partial charge in [0.25, 0.3) is 0 Å². The van der Waals surface area contributed by atoms with E-state index in [0.29, 0.717) is 0 Å². The lowest BCUT2D eigenvalue weighted by molar-refractivity contribution is -0.138. The molecule has 0 aromatic heterocycles. The summed E-state index contributed by atoms with van der Waals surface area (Å²) in [6.45, 7) is 3.81. The van der Waals surface area contributed by atoms with Crippen molar-refractivity contribution in [2.75, 3.05) is 19.6 Å². The van der Waals surface area contributed by atoms with Gasteiger partial charge in [0, 0.05) is 19.5 Å². The third-order valence-electron chi connectivity index (χ3n) is 4.47. The van der Waals surface area contributed by atoms with Crippen molar-refractivity contribution >= 4 is 5.97 Å². The van der Waals surface area contributed by atoms with Gasteiger partial charge in [0.15, 0.2) is 0 Å². The minimum absolute atomic E-state index is 0.118. The normalized spacial score (nSPS) is 25.4. The van der Waals surface area contributed by atoms with E-state index in [2.05, 4.69) is 25.1 Å². The van der Waals surface area contributed by atoms with Crippen LogP contribution in [0.5, 0.6) is 5.75 Å². The van der Waals surface area contributed by atoms with Gasteiger partial charge in [0.2, 0.25) is 0 Å². The minimum atomic E-state index is -0.758. The van der Waals surface area contributed by atoms with Gasteiger partial charge in [-0.2, -0.15) is 0 Å². The Kier molecular flexibility index (Phi) is 3.42. The smallest absolute Gasteiger partial charge is 0.317 e. The molecule has 1 unspecified atom stereocenters. The van der Waals surface area contributed by atoms with Gasteiger partial charge in [-0.25, -0.2) is 0 Å². The molecule has 4 heteroatoms. The number of aryl methyl sites for hydroxylation is 2. The van der Waals surface area contributed by atoms with Gasteiger partial charge in [0.05, 0.1) is 6.54 Å². The number of nitrogens with zero attached hydrogens (tertiary/aromatic N) is 1. The average molecular weight is 275 g/mol. The van der Waals surface area contributed by atoms with E-state index in [1.54, 1.807) is 0 Å². The molecule has 1 aromatic carbocycles. The molecule has 4 nitrogen and oxygen atoms in total. The number of rotatable bonds is 3. The third-order valence-corrected chi connectivity index (χ3v) is 4.47. The van der Waals surface area contributed by atoms with Crippen LogP contribution in [0.3, 0.4) is 0 Å². The molecule has 0 aliphatic carbocycles. The Bertz CT molecular complexity index is 528. The maximum atomic E-state index is 10.8. The molecule has 1 fully saturated rings. The summed E-state index contributed by atoms with van der Waals surface area (Å²) in [6.07, 6.45) is 3.95. The fourth-order valence-corrected chi connectivity index (χ4v) is 3.31. The van der Waals surface area contributed by atoms with Gasteiger partial charge in [-0.05, 0) is 36.5 Å². The van der Waals surface area contributed by atoms with Crippen LogP contribution in [0, 0.1) is 0 Å². The van der Waals surface area contributed by atoms with Gasteiger partial charge < -0.3 is 9.84 Å². The van der Waals surface area contributed by atoms with Crippen LogP contribution in [0.25, 0.3) is 0 Å². The largest absolute Gasteiger partial charge is 0.486 e. The molecular weight excluding hydrogens is 254 g/mol. The van der Waals surface area contributed by atoms with Crippen LogP contribution < -0.4 is 4.74 Å². The Labute approximate surface area is 119 Å². The molecule has 0 radical (unpaired) electrons. The average Bonchev–Trinajstić information content (AvgIpc) is 2.79. The van der Waals surface area contributed by atoms with Crippen molar-refractivity contribution in [2.45, 2.75) is 38.2 Å². The number of aliphatic carboxylic acids is 1. The highest BCUT2D eigenvalue weighted by molar-refractivity contribution is 5.69. The van der Waals surface area contributed by atoms with Gasteiger partial charge in [-0.1, -0.05) is 19.1 Å². The second-order valence-corrected chi connectivity index (χ2v) is 5.94. The fraction of sp³-hybridized carbons (Fsp3) is 0.562. The molecule has 108 valence electrons. The number of benzene rings is 1. The summed E-state index contributed by atoms with van der Waals surface area (Å²) in [4.78, 5) is 12.8. The van der Waals surface area contributed by atoms with Crippen molar-refractivity contribution in [3.63, 3.8) is 0 Å². The van der Waals surface area contributed by atoms with Crippen molar-refractivity contribution < 1.29 is 14.6 Å². The van der Waals surface area contributed by atoms with E-state index in [4.69, 9.17) is 9.84 Å². The SMILES string of the molecule is CCc1ccc2c(c1)OC1(CC2)CCN(CC(=O)O)C1. The van der Waals surface area contributed by atoms with Gasteiger partial charge >= 0.3 is 5.97 Å². The molecule has 1 spiro atoms. The zero-order valence-corrected chi connectivity index (χ0v) is 11.9. The summed E-state index contributed by atoms with van der Waals surface area (Å²) in [7, 11) is 0. The van der Waals surface area contributed by atoms with Crippen molar-refractivity contribution in [1.29, 1.82) is 0 Å². The van der Waals surface area contributed by atoms with Crippen LogP contribution in [0.15, 0.2) is 18.2 Å². The zero-order valence-electron chi connectivity index (χ0n) is 11.9. The second kappa shape index (κ2) is 5.09. The first-order chi connectivity index (χ1) is 9.60. The van der Waals surface area contributed by atoms with Crippen LogP contribution in [0.1, 0.15) is 30.9 Å². The molecule has 1 N–H and O–H groups in total. The molecular formula is C16H21NO3. The highest BCUT2D eigenvalue weighted by atomic mass is 16.5. The molecule has 3 rings (SSSR count). The van der Waals surface area contributed by atoms with Crippen molar-refractivity contribution in [3.8, 4) is 5.75 Å². The van der Waals surface area contributed by atoms with Crippen molar-refractivity contribution in [1.82, 2.24) is 4.90 Å². The van der Waals surface area contributed by atoms with E-state index in [-0.39, 0.29) is 12.1 Å². The molecule has 0 amide bonds. The van der Waals surface area contributed by atoms with E-state index in [1.807, 2.05) is 4.90 Å². The number of carboxylic acids is 1. The van der Waals surface area contributed by atoms with Crippen LogP contribution in [0.4, 0.5) is 0 Å². The molecule has 1 saturated heterocycles. The lowest BCUT2D eigenvalue weighted by atomic mass is 9.89. The number of hydrogen-bond acceptors (Lipinski definition) is 3. The Morgan fingerprint density at radius 1 is 1.45 bits per heavy atom. The maximum absolute atomic E-state index is 10.8. The summed E-state index contributed by atoms with van der Waals surface area (Å²) >= 11 is 0. The number of fused-ring (bicyclic) bond motifs is 1. The predicted octanol–water partition coefficient (Wildman–Crippen LogP) is 2.10. The van der Waals surface area contributed by atoms with E-state index in [1.165, 1.54) is 11.1 Å². The summed E-state index contributed by atoms with van der Waals surface area (Å²) < 4.78 is 6.30. The molecule has 20 heavy (non-hydrogen) atoms. The molecule has 1 aromatic rings. The Morgan fingerprint density at radius 3 is 3.05 bits per heavy atom. The monoisotopic (exact) mass is 275 g/mol. The van der Waals surface area contributed by atoms with Crippen LogP contribution in [-0.2, 0) is 17.6 Å². The van der Waals surface area contributed by atoms with Crippen LogP contribution >= 0.6 is 0 Å². The number of carboxylic acid groups (broad SMARTS) is 1.